The number of benzene rings is 1. The van der Waals surface area contributed by atoms with Crippen LogP contribution >= 0.6 is 0 Å². The molecule has 0 bridgehead atoms. The van der Waals surface area contributed by atoms with Crippen molar-refractivity contribution < 1.29 is 19.7 Å². The van der Waals surface area contributed by atoms with Gasteiger partial charge in [-0.2, -0.15) is 0 Å². The smallest absolute Gasteiger partial charge is 0.337 e. The average Bonchev–Trinajstić information content (AvgIpc) is 2.28. The van der Waals surface area contributed by atoms with Crippen LogP contribution < -0.4 is 0 Å². The summed E-state index contributed by atoms with van der Waals surface area (Å²) in [5.74, 6) is -1.24. The van der Waals surface area contributed by atoms with Crippen LogP contribution in [0, 0.1) is 0 Å². The molecule has 4 nitrogen and oxygen atoms in total. The predicted molar refractivity (Wildman–Crippen MR) is 63.9 cm³/mol. The minimum absolute atomic E-state index is 0.345. The van der Waals surface area contributed by atoms with Gasteiger partial charge in [-0.1, -0.05) is 38.1 Å². The van der Waals surface area contributed by atoms with Crippen LogP contribution in [0.25, 0.3) is 0 Å². The molecule has 0 aliphatic heterocycles. The molecule has 0 spiro atoms. The number of aliphatic carboxylic acids is 1. The van der Waals surface area contributed by atoms with E-state index in [0.717, 1.165) is 5.56 Å². The van der Waals surface area contributed by atoms with E-state index in [4.69, 9.17) is 9.84 Å². The Kier molecular flexibility index (Phi) is 4.26. The topological polar surface area (TPSA) is 66.8 Å². The molecule has 1 aromatic rings. The molecule has 17 heavy (non-hydrogen) atoms. The lowest BCUT2D eigenvalue weighted by atomic mass is 9.81. The van der Waals surface area contributed by atoms with E-state index in [0.29, 0.717) is 12.2 Å². The Morgan fingerprint density at radius 1 is 1.41 bits per heavy atom. The number of carbonyl (C=O) groups is 1. The van der Waals surface area contributed by atoms with Gasteiger partial charge in [0.05, 0.1) is 6.61 Å². The van der Waals surface area contributed by atoms with Gasteiger partial charge in [-0.15, -0.1) is 0 Å². The molecule has 0 saturated heterocycles. The van der Waals surface area contributed by atoms with Gasteiger partial charge < -0.3 is 14.9 Å². The van der Waals surface area contributed by atoms with Crippen LogP contribution in [-0.4, -0.2) is 29.9 Å². The molecule has 0 radical (unpaired) electrons. The molecule has 0 amide bonds. The number of methoxy groups -OCH3 is 1. The largest absolute Gasteiger partial charge is 0.479 e. The Bertz CT molecular complexity index is 398. The van der Waals surface area contributed by atoms with E-state index in [2.05, 4.69) is 0 Å². The molecule has 2 N–H and O–H groups in total. The second kappa shape index (κ2) is 5.29. The molecule has 0 aliphatic carbocycles. The molecule has 0 fully saturated rings. The highest BCUT2D eigenvalue weighted by Crippen LogP contribution is 2.30. The van der Waals surface area contributed by atoms with Crippen molar-refractivity contribution in [3.8, 4) is 0 Å². The van der Waals surface area contributed by atoms with E-state index in [-0.39, 0.29) is 5.41 Å². The summed E-state index contributed by atoms with van der Waals surface area (Å²) in [4.78, 5) is 10.9. The summed E-state index contributed by atoms with van der Waals surface area (Å²) in [7, 11) is 1.60. The summed E-state index contributed by atoms with van der Waals surface area (Å²) in [5, 5.41) is 18.5. The van der Waals surface area contributed by atoms with E-state index in [1.165, 1.54) is 0 Å². The number of carboxylic acid groups (broad SMARTS) is 1. The molecule has 0 aliphatic rings. The molecule has 0 saturated carbocycles. The zero-order valence-corrected chi connectivity index (χ0v) is 10.3. The minimum Gasteiger partial charge on any atom is -0.479 e. The monoisotopic (exact) mass is 238 g/mol. The van der Waals surface area contributed by atoms with Crippen molar-refractivity contribution in [2.75, 3.05) is 13.7 Å². The zero-order chi connectivity index (χ0) is 13.1. The first kappa shape index (κ1) is 13.7. The van der Waals surface area contributed by atoms with Crippen LogP contribution in [0.4, 0.5) is 0 Å². The highest BCUT2D eigenvalue weighted by molar-refractivity contribution is 5.74. The van der Waals surface area contributed by atoms with Crippen molar-refractivity contribution in [3.63, 3.8) is 0 Å². The molecular formula is C13H18O4. The Morgan fingerprint density at radius 3 is 2.53 bits per heavy atom. The molecule has 1 atom stereocenters. The van der Waals surface area contributed by atoms with Crippen molar-refractivity contribution in [2.24, 2.45) is 0 Å². The minimum atomic E-state index is -1.50. The van der Waals surface area contributed by atoms with E-state index in [1.807, 2.05) is 26.0 Å². The Hall–Kier alpha value is -1.39. The van der Waals surface area contributed by atoms with E-state index in [9.17, 15) is 9.90 Å². The summed E-state index contributed by atoms with van der Waals surface area (Å²) in [6, 6.07) is 6.99. The predicted octanol–water partition coefficient (Wildman–Crippen LogP) is 1.73. The third kappa shape index (κ3) is 3.05. The second-order valence-electron chi connectivity index (χ2n) is 4.64. The number of rotatable bonds is 5. The Morgan fingerprint density at radius 2 is 2.00 bits per heavy atom. The normalized spacial score (nSPS) is 13.4. The molecule has 1 unspecified atom stereocenters. The fourth-order valence-corrected chi connectivity index (χ4v) is 1.92. The fraction of sp³-hybridized carbons (Fsp3) is 0.462. The summed E-state index contributed by atoms with van der Waals surface area (Å²) < 4.78 is 5.13. The summed E-state index contributed by atoms with van der Waals surface area (Å²) in [6.07, 6.45) is -1.50. The van der Waals surface area contributed by atoms with Gasteiger partial charge in [0.25, 0.3) is 0 Å². The van der Waals surface area contributed by atoms with Crippen LogP contribution in [0.5, 0.6) is 0 Å². The molecule has 0 heterocycles. The van der Waals surface area contributed by atoms with Crippen molar-refractivity contribution >= 4 is 5.97 Å². The molecule has 4 heteroatoms. The van der Waals surface area contributed by atoms with Crippen molar-refractivity contribution in [1.82, 2.24) is 0 Å². The standard InChI is InChI=1S/C13H18O4/c1-13(2,8-17-3)10-7-5-4-6-9(10)11(14)12(15)16/h4-7,11,14H,8H2,1-3H3,(H,15,16). The fourth-order valence-electron chi connectivity index (χ4n) is 1.92. The van der Waals surface area contributed by atoms with Gasteiger partial charge in [0.15, 0.2) is 6.10 Å². The van der Waals surface area contributed by atoms with Gasteiger partial charge in [-0.3, -0.25) is 0 Å². The number of carboxylic acids is 1. The first-order valence-electron chi connectivity index (χ1n) is 5.39. The highest BCUT2D eigenvalue weighted by Gasteiger charge is 2.28. The van der Waals surface area contributed by atoms with Gasteiger partial charge >= 0.3 is 5.97 Å². The molecular weight excluding hydrogens is 220 g/mol. The first-order valence-corrected chi connectivity index (χ1v) is 5.39. The van der Waals surface area contributed by atoms with Gasteiger partial charge in [0, 0.05) is 12.5 Å². The molecule has 1 aromatic carbocycles. The zero-order valence-electron chi connectivity index (χ0n) is 10.3. The van der Waals surface area contributed by atoms with Gasteiger partial charge in [-0.25, -0.2) is 4.79 Å². The van der Waals surface area contributed by atoms with E-state index < -0.39 is 12.1 Å². The SMILES string of the molecule is COCC(C)(C)c1ccccc1C(O)C(=O)O. The maximum Gasteiger partial charge on any atom is 0.337 e. The summed E-state index contributed by atoms with van der Waals surface area (Å²) in [6.45, 7) is 4.35. The van der Waals surface area contributed by atoms with Crippen LogP contribution in [-0.2, 0) is 14.9 Å². The van der Waals surface area contributed by atoms with Crippen molar-refractivity contribution in [2.45, 2.75) is 25.4 Å². The van der Waals surface area contributed by atoms with Gasteiger partial charge in [0.2, 0.25) is 0 Å². The lowest BCUT2D eigenvalue weighted by molar-refractivity contribution is -0.147. The van der Waals surface area contributed by atoms with E-state index >= 15 is 0 Å². The number of ether oxygens (including phenoxy) is 1. The highest BCUT2D eigenvalue weighted by atomic mass is 16.5. The third-order valence-electron chi connectivity index (χ3n) is 2.72. The molecule has 1 rings (SSSR count). The quantitative estimate of drug-likeness (QED) is 0.819. The Labute approximate surface area is 101 Å². The van der Waals surface area contributed by atoms with Gasteiger partial charge in [0.1, 0.15) is 0 Å². The lowest BCUT2D eigenvalue weighted by Gasteiger charge is -2.27. The number of hydrogen-bond donors (Lipinski definition) is 2. The average molecular weight is 238 g/mol. The van der Waals surface area contributed by atoms with Crippen LogP contribution in [0.3, 0.4) is 0 Å². The maximum absolute atomic E-state index is 10.9. The summed E-state index contributed by atoms with van der Waals surface area (Å²) in [5.41, 5.74) is 0.862. The van der Waals surface area contributed by atoms with E-state index in [1.54, 1.807) is 19.2 Å². The third-order valence-corrected chi connectivity index (χ3v) is 2.72. The lowest BCUT2D eigenvalue weighted by Crippen LogP contribution is -2.27. The second-order valence-corrected chi connectivity index (χ2v) is 4.64. The maximum atomic E-state index is 10.9. The van der Waals surface area contributed by atoms with Crippen LogP contribution in [0.2, 0.25) is 0 Å². The summed E-state index contributed by atoms with van der Waals surface area (Å²) >= 11 is 0. The number of aliphatic hydroxyl groups excluding tert-OH is 1. The first-order chi connectivity index (χ1) is 7.90. The number of aliphatic hydroxyl groups is 1. The van der Waals surface area contributed by atoms with Gasteiger partial charge in [-0.05, 0) is 11.1 Å². The number of hydrogen-bond acceptors (Lipinski definition) is 3. The van der Waals surface area contributed by atoms with Crippen LogP contribution in [0.15, 0.2) is 24.3 Å². The van der Waals surface area contributed by atoms with Crippen LogP contribution in [0.1, 0.15) is 31.1 Å². The van der Waals surface area contributed by atoms with Crippen molar-refractivity contribution in [1.29, 1.82) is 0 Å². The van der Waals surface area contributed by atoms with Crippen molar-refractivity contribution in [3.05, 3.63) is 35.4 Å². The Balaban J connectivity index is 3.20. The molecule has 94 valence electrons. The molecule has 0 aromatic heterocycles.